The molecule has 0 unspecified atom stereocenters. The van der Waals surface area contributed by atoms with Crippen LogP contribution in [-0.4, -0.2) is 29.4 Å². The molecular formula is C21H18BrN3O3. The number of carbonyl (C=O) groups is 1. The van der Waals surface area contributed by atoms with Crippen molar-refractivity contribution in [1.29, 1.82) is 0 Å². The van der Waals surface area contributed by atoms with Crippen LogP contribution >= 0.6 is 15.9 Å². The molecule has 1 N–H and O–H groups in total. The summed E-state index contributed by atoms with van der Waals surface area (Å²) >= 11 is 3.43. The number of nitrogens with zero attached hydrogens (tertiary/aromatic N) is 2. The number of ether oxygens (including phenoxy) is 2. The second kappa shape index (κ2) is 9.11. The lowest BCUT2D eigenvalue weighted by Crippen LogP contribution is -2.23. The summed E-state index contributed by atoms with van der Waals surface area (Å²) in [6, 6.07) is 14.7. The van der Waals surface area contributed by atoms with E-state index in [0.29, 0.717) is 23.7 Å². The van der Waals surface area contributed by atoms with Gasteiger partial charge in [-0.3, -0.25) is 4.79 Å². The van der Waals surface area contributed by atoms with Gasteiger partial charge in [0, 0.05) is 17.2 Å². The molecule has 1 amide bonds. The third-order valence-corrected chi connectivity index (χ3v) is 4.38. The van der Waals surface area contributed by atoms with Crippen molar-refractivity contribution in [2.24, 2.45) is 0 Å². The number of amides is 1. The zero-order valence-corrected chi connectivity index (χ0v) is 16.8. The molecule has 0 aliphatic heterocycles. The Balaban J connectivity index is 1.67. The van der Waals surface area contributed by atoms with E-state index in [2.05, 4.69) is 32.3 Å². The van der Waals surface area contributed by atoms with Gasteiger partial charge in [-0.25, -0.2) is 4.68 Å². The standard InChI is InChI=1S/C21H18BrN3O3/c1-3-11-28-20-12-15(7-8-19(20)27-2)14-23-21(26)18-9-10-25(24-18)17-6-4-5-16(22)13-17/h1,4-10,12-13H,11,14H2,2H3,(H,23,26). The third-order valence-electron chi connectivity index (χ3n) is 3.89. The van der Waals surface area contributed by atoms with Gasteiger partial charge >= 0.3 is 0 Å². The Morgan fingerprint density at radius 3 is 2.86 bits per heavy atom. The molecule has 3 aromatic rings. The van der Waals surface area contributed by atoms with E-state index < -0.39 is 0 Å². The van der Waals surface area contributed by atoms with Crippen molar-refractivity contribution in [3.8, 4) is 29.5 Å². The van der Waals surface area contributed by atoms with Crippen LogP contribution in [0.2, 0.25) is 0 Å². The van der Waals surface area contributed by atoms with Crippen LogP contribution in [0.25, 0.3) is 5.69 Å². The maximum absolute atomic E-state index is 12.4. The molecule has 1 heterocycles. The third kappa shape index (κ3) is 4.72. The molecule has 0 aliphatic rings. The summed E-state index contributed by atoms with van der Waals surface area (Å²) in [6.07, 6.45) is 6.98. The molecule has 0 fully saturated rings. The minimum absolute atomic E-state index is 0.138. The lowest BCUT2D eigenvalue weighted by molar-refractivity contribution is 0.0945. The van der Waals surface area contributed by atoms with Gasteiger partial charge in [0.2, 0.25) is 0 Å². The van der Waals surface area contributed by atoms with Crippen molar-refractivity contribution in [3.63, 3.8) is 0 Å². The van der Waals surface area contributed by atoms with Crippen molar-refractivity contribution in [1.82, 2.24) is 15.1 Å². The quantitative estimate of drug-likeness (QED) is 0.571. The summed E-state index contributed by atoms with van der Waals surface area (Å²) in [6.45, 7) is 0.457. The number of aromatic nitrogens is 2. The zero-order chi connectivity index (χ0) is 19.9. The number of hydrogen-bond acceptors (Lipinski definition) is 4. The van der Waals surface area contributed by atoms with E-state index in [1.54, 1.807) is 36.2 Å². The average molecular weight is 440 g/mol. The van der Waals surface area contributed by atoms with Gasteiger partial charge < -0.3 is 14.8 Å². The Morgan fingerprint density at radius 1 is 1.25 bits per heavy atom. The molecule has 0 saturated heterocycles. The summed E-state index contributed by atoms with van der Waals surface area (Å²) in [4.78, 5) is 12.4. The SMILES string of the molecule is C#CCOc1cc(CNC(=O)c2ccn(-c3cccc(Br)c3)n2)ccc1OC. The van der Waals surface area contributed by atoms with Crippen LogP contribution in [0.5, 0.6) is 11.5 Å². The fraction of sp³-hybridized carbons (Fsp3) is 0.143. The maximum atomic E-state index is 12.4. The molecule has 2 aromatic carbocycles. The Bertz CT molecular complexity index is 1020. The fourth-order valence-corrected chi connectivity index (χ4v) is 2.93. The molecule has 0 spiro atoms. The molecule has 0 bridgehead atoms. The fourth-order valence-electron chi connectivity index (χ4n) is 2.54. The first-order chi connectivity index (χ1) is 13.6. The number of benzene rings is 2. The average Bonchev–Trinajstić information content (AvgIpc) is 3.21. The van der Waals surface area contributed by atoms with Gasteiger partial charge in [-0.05, 0) is 42.0 Å². The van der Waals surface area contributed by atoms with E-state index >= 15 is 0 Å². The molecule has 6 nitrogen and oxygen atoms in total. The highest BCUT2D eigenvalue weighted by Gasteiger charge is 2.11. The van der Waals surface area contributed by atoms with Gasteiger partial charge in [-0.15, -0.1) is 6.42 Å². The van der Waals surface area contributed by atoms with E-state index in [1.807, 2.05) is 30.3 Å². The number of methoxy groups -OCH3 is 1. The Labute approximate surface area is 171 Å². The summed E-state index contributed by atoms with van der Waals surface area (Å²) in [5.41, 5.74) is 2.05. The van der Waals surface area contributed by atoms with Crippen molar-refractivity contribution >= 4 is 21.8 Å². The Hall–Kier alpha value is -3.24. The van der Waals surface area contributed by atoms with Gasteiger partial charge in [0.25, 0.3) is 5.91 Å². The number of halogens is 1. The number of carbonyl (C=O) groups excluding carboxylic acids is 1. The minimum Gasteiger partial charge on any atom is -0.493 e. The lowest BCUT2D eigenvalue weighted by Gasteiger charge is -2.11. The van der Waals surface area contributed by atoms with E-state index in [1.165, 1.54) is 0 Å². The van der Waals surface area contributed by atoms with Crippen LogP contribution in [-0.2, 0) is 6.54 Å². The molecule has 28 heavy (non-hydrogen) atoms. The maximum Gasteiger partial charge on any atom is 0.272 e. The molecule has 142 valence electrons. The molecule has 0 aliphatic carbocycles. The Kier molecular flexibility index (Phi) is 6.35. The largest absolute Gasteiger partial charge is 0.493 e. The predicted octanol–water partition coefficient (Wildman–Crippen LogP) is 3.59. The van der Waals surface area contributed by atoms with Gasteiger partial charge in [0.15, 0.2) is 17.2 Å². The highest BCUT2D eigenvalue weighted by molar-refractivity contribution is 9.10. The molecule has 3 rings (SSSR count). The monoisotopic (exact) mass is 439 g/mol. The van der Waals surface area contributed by atoms with Gasteiger partial charge in [-0.2, -0.15) is 5.10 Å². The van der Waals surface area contributed by atoms with Crippen molar-refractivity contribution in [3.05, 3.63) is 70.5 Å². The van der Waals surface area contributed by atoms with Crippen LogP contribution in [0.3, 0.4) is 0 Å². The lowest BCUT2D eigenvalue weighted by atomic mass is 10.2. The normalized spacial score (nSPS) is 10.2. The Morgan fingerprint density at radius 2 is 2.11 bits per heavy atom. The summed E-state index contributed by atoms with van der Waals surface area (Å²) < 4.78 is 13.3. The van der Waals surface area contributed by atoms with E-state index in [-0.39, 0.29) is 12.5 Å². The number of rotatable bonds is 7. The topological polar surface area (TPSA) is 65.4 Å². The van der Waals surface area contributed by atoms with Crippen LogP contribution in [0.1, 0.15) is 16.1 Å². The van der Waals surface area contributed by atoms with Crippen molar-refractivity contribution in [2.45, 2.75) is 6.54 Å². The summed E-state index contributed by atoms with van der Waals surface area (Å²) in [7, 11) is 1.56. The van der Waals surface area contributed by atoms with E-state index in [9.17, 15) is 4.79 Å². The van der Waals surface area contributed by atoms with E-state index in [4.69, 9.17) is 15.9 Å². The summed E-state index contributed by atoms with van der Waals surface area (Å²) in [5.74, 6) is 3.26. The smallest absolute Gasteiger partial charge is 0.272 e. The van der Waals surface area contributed by atoms with Gasteiger partial charge in [0.1, 0.15) is 6.61 Å². The van der Waals surface area contributed by atoms with Crippen LogP contribution < -0.4 is 14.8 Å². The van der Waals surface area contributed by atoms with Crippen molar-refractivity contribution < 1.29 is 14.3 Å². The molecule has 0 saturated carbocycles. The first kappa shape index (κ1) is 19.5. The zero-order valence-electron chi connectivity index (χ0n) is 15.2. The second-order valence-corrected chi connectivity index (χ2v) is 6.70. The van der Waals surface area contributed by atoms with Gasteiger partial charge in [-0.1, -0.05) is 34.0 Å². The first-order valence-electron chi connectivity index (χ1n) is 8.43. The van der Waals surface area contributed by atoms with Crippen LogP contribution in [0.4, 0.5) is 0 Å². The van der Waals surface area contributed by atoms with Crippen molar-refractivity contribution in [2.75, 3.05) is 13.7 Å². The van der Waals surface area contributed by atoms with Crippen LogP contribution in [0.15, 0.2) is 59.2 Å². The minimum atomic E-state index is -0.268. The number of nitrogens with one attached hydrogen (secondary N) is 1. The molecular weight excluding hydrogens is 422 g/mol. The summed E-state index contributed by atoms with van der Waals surface area (Å²) in [5, 5.41) is 7.19. The number of hydrogen-bond donors (Lipinski definition) is 1. The molecule has 0 radical (unpaired) electrons. The highest BCUT2D eigenvalue weighted by atomic mass is 79.9. The molecule has 0 atom stereocenters. The predicted molar refractivity (Wildman–Crippen MR) is 110 cm³/mol. The molecule has 7 heteroatoms. The number of terminal acetylenes is 1. The van der Waals surface area contributed by atoms with Crippen LogP contribution in [0, 0.1) is 12.3 Å². The second-order valence-electron chi connectivity index (χ2n) is 5.79. The first-order valence-corrected chi connectivity index (χ1v) is 9.23. The molecule has 1 aromatic heterocycles. The van der Waals surface area contributed by atoms with Gasteiger partial charge in [0.05, 0.1) is 12.8 Å². The van der Waals surface area contributed by atoms with E-state index in [0.717, 1.165) is 15.7 Å². The highest BCUT2D eigenvalue weighted by Crippen LogP contribution is 2.28.